The van der Waals surface area contributed by atoms with Gasteiger partial charge in [-0.2, -0.15) is 0 Å². The van der Waals surface area contributed by atoms with Crippen LogP contribution in [-0.4, -0.2) is 49.6 Å². The highest BCUT2D eigenvalue weighted by molar-refractivity contribution is 5.27. The van der Waals surface area contributed by atoms with Gasteiger partial charge >= 0.3 is 0 Å². The molecule has 1 aliphatic rings. The van der Waals surface area contributed by atoms with Crippen molar-refractivity contribution >= 4 is 0 Å². The molecule has 1 atom stereocenters. The van der Waals surface area contributed by atoms with Crippen molar-refractivity contribution < 1.29 is 4.39 Å². The molecular weight excluding hydrogens is 229 g/mol. The molecule has 1 aliphatic heterocycles. The molecule has 1 saturated heterocycles. The average molecular weight is 251 g/mol. The molecule has 1 fully saturated rings. The predicted molar refractivity (Wildman–Crippen MR) is 72.0 cm³/mol. The van der Waals surface area contributed by atoms with Crippen molar-refractivity contribution in [2.45, 2.75) is 13.0 Å². The van der Waals surface area contributed by atoms with Gasteiger partial charge in [0.25, 0.3) is 0 Å². The summed E-state index contributed by atoms with van der Waals surface area (Å²) < 4.78 is 13.9. The highest BCUT2D eigenvalue weighted by atomic mass is 19.1. The van der Waals surface area contributed by atoms with Crippen molar-refractivity contribution in [1.82, 2.24) is 9.80 Å². The zero-order valence-electron chi connectivity index (χ0n) is 11.2. The molecule has 1 heterocycles. The van der Waals surface area contributed by atoms with Gasteiger partial charge in [0, 0.05) is 38.3 Å². The molecule has 0 saturated carbocycles. The maximum atomic E-state index is 13.9. The topological polar surface area (TPSA) is 32.5 Å². The molecule has 0 bridgehead atoms. The Kier molecular flexibility index (Phi) is 4.32. The number of piperazine rings is 1. The largest absolute Gasteiger partial charge is 0.329 e. The van der Waals surface area contributed by atoms with Crippen LogP contribution < -0.4 is 5.73 Å². The lowest BCUT2D eigenvalue weighted by Crippen LogP contribution is -2.47. The Labute approximate surface area is 108 Å². The van der Waals surface area contributed by atoms with Crippen LogP contribution in [0, 0.1) is 12.7 Å². The van der Waals surface area contributed by atoms with Crippen molar-refractivity contribution in [2.24, 2.45) is 5.73 Å². The highest BCUT2D eigenvalue weighted by Crippen LogP contribution is 2.24. The Bertz CT molecular complexity index is 400. The van der Waals surface area contributed by atoms with Gasteiger partial charge in [-0.25, -0.2) is 4.39 Å². The number of rotatable bonds is 3. The van der Waals surface area contributed by atoms with Gasteiger partial charge in [0.2, 0.25) is 0 Å². The van der Waals surface area contributed by atoms with Gasteiger partial charge < -0.3 is 10.6 Å². The normalized spacial score (nSPS) is 20.0. The van der Waals surface area contributed by atoms with Crippen LogP contribution in [0.3, 0.4) is 0 Å². The van der Waals surface area contributed by atoms with Gasteiger partial charge in [-0.1, -0.05) is 17.7 Å². The van der Waals surface area contributed by atoms with Crippen LogP contribution in [0.4, 0.5) is 4.39 Å². The first-order valence-corrected chi connectivity index (χ1v) is 6.50. The highest BCUT2D eigenvalue weighted by Gasteiger charge is 2.24. The molecule has 0 aliphatic carbocycles. The second-order valence-corrected chi connectivity index (χ2v) is 5.12. The molecule has 1 aromatic carbocycles. The molecule has 0 radical (unpaired) electrons. The fourth-order valence-electron chi connectivity index (χ4n) is 2.52. The van der Waals surface area contributed by atoms with E-state index in [9.17, 15) is 4.39 Å². The van der Waals surface area contributed by atoms with E-state index in [1.54, 1.807) is 12.1 Å². The Morgan fingerprint density at radius 2 is 1.94 bits per heavy atom. The first-order valence-electron chi connectivity index (χ1n) is 6.50. The molecule has 4 heteroatoms. The summed E-state index contributed by atoms with van der Waals surface area (Å²) in [6, 6.07) is 5.27. The quantitative estimate of drug-likeness (QED) is 0.881. The van der Waals surface area contributed by atoms with Gasteiger partial charge in [-0.3, -0.25) is 4.90 Å². The number of nitrogens with two attached hydrogens (primary N) is 1. The van der Waals surface area contributed by atoms with E-state index in [2.05, 4.69) is 16.8 Å². The number of aryl methyl sites for hydroxylation is 1. The molecular formula is C14H22FN3. The zero-order chi connectivity index (χ0) is 13.1. The van der Waals surface area contributed by atoms with Crippen molar-refractivity contribution in [3.63, 3.8) is 0 Å². The van der Waals surface area contributed by atoms with Crippen LogP contribution in [-0.2, 0) is 0 Å². The number of hydrogen-bond acceptors (Lipinski definition) is 3. The third-order valence-corrected chi connectivity index (χ3v) is 3.71. The molecule has 1 unspecified atom stereocenters. The SMILES string of the molecule is Cc1ccc(F)c(C(CN)N2CCN(C)CC2)c1. The minimum Gasteiger partial charge on any atom is -0.329 e. The maximum Gasteiger partial charge on any atom is 0.128 e. The monoisotopic (exact) mass is 251 g/mol. The summed E-state index contributed by atoms with van der Waals surface area (Å²) in [6.45, 7) is 6.38. The summed E-state index contributed by atoms with van der Waals surface area (Å²) in [6.07, 6.45) is 0. The number of hydrogen-bond donors (Lipinski definition) is 1. The fraction of sp³-hybridized carbons (Fsp3) is 0.571. The molecule has 2 rings (SSSR count). The molecule has 0 amide bonds. The predicted octanol–water partition coefficient (Wildman–Crippen LogP) is 1.38. The minimum absolute atomic E-state index is 0.00130. The summed E-state index contributed by atoms with van der Waals surface area (Å²) in [4.78, 5) is 4.58. The minimum atomic E-state index is -0.144. The van der Waals surface area contributed by atoms with Crippen molar-refractivity contribution in [1.29, 1.82) is 0 Å². The van der Waals surface area contributed by atoms with E-state index in [1.165, 1.54) is 0 Å². The van der Waals surface area contributed by atoms with Gasteiger partial charge in [-0.05, 0) is 20.0 Å². The van der Waals surface area contributed by atoms with E-state index >= 15 is 0 Å². The third kappa shape index (κ3) is 2.88. The number of benzene rings is 1. The van der Waals surface area contributed by atoms with Gasteiger partial charge in [0.15, 0.2) is 0 Å². The zero-order valence-corrected chi connectivity index (χ0v) is 11.2. The molecule has 18 heavy (non-hydrogen) atoms. The summed E-state index contributed by atoms with van der Waals surface area (Å²) in [5.74, 6) is -0.144. The van der Waals surface area contributed by atoms with E-state index in [1.807, 2.05) is 13.0 Å². The van der Waals surface area contributed by atoms with Crippen molar-refractivity contribution in [2.75, 3.05) is 39.8 Å². The van der Waals surface area contributed by atoms with Crippen LogP contribution in [0.5, 0.6) is 0 Å². The molecule has 0 aromatic heterocycles. The summed E-state index contributed by atoms with van der Waals surface area (Å²) >= 11 is 0. The first kappa shape index (κ1) is 13.5. The van der Waals surface area contributed by atoms with E-state index in [4.69, 9.17) is 5.73 Å². The lowest BCUT2D eigenvalue weighted by atomic mass is 10.0. The van der Waals surface area contributed by atoms with Gasteiger partial charge in [0.05, 0.1) is 6.04 Å². The third-order valence-electron chi connectivity index (χ3n) is 3.71. The molecule has 3 nitrogen and oxygen atoms in total. The van der Waals surface area contributed by atoms with E-state index in [-0.39, 0.29) is 11.9 Å². The number of halogens is 1. The average Bonchev–Trinajstić information content (AvgIpc) is 2.37. The number of nitrogens with zero attached hydrogens (tertiary/aromatic N) is 2. The Hall–Kier alpha value is -0.970. The molecule has 2 N–H and O–H groups in total. The Morgan fingerprint density at radius 1 is 1.28 bits per heavy atom. The molecule has 100 valence electrons. The standard InChI is InChI=1S/C14H22FN3/c1-11-3-4-13(15)12(9-11)14(10-16)18-7-5-17(2)6-8-18/h3-4,9,14H,5-8,10,16H2,1-2H3. The van der Waals surface area contributed by atoms with Crippen LogP contribution in [0.15, 0.2) is 18.2 Å². The number of likely N-dealkylation sites (N-methyl/N-ethyl adjacent to an activating group) is 1. The van der Waals surface area contributed by atoms with E-state index in [0.29, 0.717) is 6.54 Å². The smallest absolute Gasteiger partial charge is 0.128 e. The molecule has 0 spiro atoms. The lowest BCUT2D eigenvalue weighted by molar-refractivity contribution is 0.113. The summed E-state index contributed by atoms with van der Waals surface area (Å²) in [5, 5.41) is 0. The van der Waals surface area contributed by atoms with Crippen molar-refractivity contribution in [3.05, 3.63) is 35.1 Å². The lowest BCUT2D eigenvalue weighted by Gasteiger charge is -2.37. The van der Waals surface area contributed by atoms with Crippen LogP contribution in [0.2, 0.25) is 0 Å². The summed E-state index contributed by atoms with van der Waals surface area (Å²) in [5.41, 5.74) is 7.69. The van der Waals surface area contributed by atoms with Gasteiger partial charge in [-0.15, -0.1) is 0 Å². The van der Waals surface area contributed by atoms with E-state index in [0.717, 1.165) is 37.3 Å². The maximum absolute atomic E-state index is 13.9. The van der Waals surface area contributed by atoms with Crippen molar-refractivity contribution in [3.8, 4) is 0 Å². The fourth-order valence-corrected chi connectivity index (χ4v) is 2.52. The van der Waals surface area contributed by atoms with E-state index < -0.39 is 0 Å². The van der Waals surface area contributed by atoms with Gasteiger partial charge in [0.1, 0.15) is 5.82 Å². The Balaban J connectivity index is 2.19. The second-order valence-electron chi connectivity index (χ2n) is 5.12. The second kappa shape index (κ2) is 5.78. The first-order chi connectivity index (χ1) is 8.61. The molecule has 1 aromatic rings. The van der Waals surface area contributed by atoms with Crippen LogP contribution >= 0.6 is 0 Å². The van der Waals surface area contributed by atoms with Crippen LogP contribution in [0.25, 0.3) is 0 Å². The summed E-state index contributed by atoms with van der Waals surface area (Å²) in [7, 11) is 2.11. The Morgan fingerprint density at radius 3 is 2.56 bits per heavy atom. The van der Waals surface area contributed by atoms with Crippen LogP contribution in [0.1, 0.15) is 17.2 Å².